The highest BCUT2D eigenvalue weighted by molar-refractivity contribution is 6.15. The van der Waals surface area contributed by atoms with E-state index in [-0.39, 0.29) is 0 Å². The van der Waals surface area contributed by atoms with Crippen LogP contribution in [0.3, 0.4) is 0 Å². The molecule has 0 aliphatic carbocycles. The fraction of sp³-hybridized carbons (Fsp3) is 0. The summed E-state index contributed by atoms with van der Waals surface area (Å²) >= 11 is 0. The number of hydrogen-bond acceptors (Lipinski definition) is 5. The zero-order valence-electron chi connectivity index (χ0n) is 20.5. The number of benzene rings is 4. The first-order chi connectivity index (χ1) is 19.3. The second-order valence-electron chi connectivity index (χ2n) is 9.76. The van der Waals surface area contributed by atoms with Crippen LogP contribution in [0.4, 0.5) is 0 Å². The second-order valence-corrected chi connectivity index (χ2v) is 9.76. The standard InChI is InChI=1S/C34H18N2O3/c1-3-10-27-24(6-1)30-33(38-27)20(14-16-35-30)19-12-13-29-26(18-19)22-9-5-8-21(32(22)37-29)23-15-17-36-31-25-7-2-4-11-28(25)39-34(23)31/h1-18H. The molecule has 0 aliphatic rings. The summed E-state index contributed by atoms with van der Waals surface area (Å²) in [5.41, 5.74) is 10.6. The molecule has 5 aromatic heterocycles. The Morgan fingerprint density at radius 1 is 0.410 bits per heavy atom. The van der Waals surface area contributed by atoms with E-state index in [4.69, 9.17) is 13.3 Å². The first kappa shape index (κ1) is 20.6. The maximum absolute atomic E-state index is 6.49. The molecule has 4 aromatic carbocycles. The lowest BCUT2D eigenvalue weighted by Crippen LogP contribution is -1.82. The zero-order valence-corrected chi connectivity index (χ0v) is 20.5. The molecule has 5 heteroatoms. The quantitative estimate of drug-likeness (QED) is 0.235. The van der Waals surface area contributed by atoms with Gasteiger partial charge in [0.05, 0.1) is 0 Å². The van der Waals surface area contributed by atoms with Crippen molar-refractivity contribution < 1.29 is 13.3 Å². The van der Waals surface area contributed by atoms with Gasteiger partial charge >= 0.3 is 0 Å². The van der Waals surface area contributed by atoms with Crippen LogP contribution in [0.15, 0.2) is 123 Å². The molecule has 0 fully saturated rings. The van der Waals surface area contributed by atoms with Crippen LogP contribution < -0.4 is 0 Å². The van der Waals surface area contributed by atoms with E-state index >= 15 is 0 Å². The number of fused-ring (bicyclic) bond motifs is 9. The molecule has 39 heavy (non-hydrogen) atoms. The molecular weight excluding hydrogens is 484 g/mol. The average molecular weight is 503 g/mol. The molecular formula is C34H18N2O3. The smallest absolute Gasteiger partial charge is 0.161 e. The number of pyridine rings is 2. The summed E-state index contributed by atoms with van der Waals surface area (Å²) < 4.78 is 19.0. The number of furan rings is 3. The molecule has 0 spiro atoms. The number of nitrogens with zero attached hydrogens (tertiary/aromatic N) is 2. The Kier molecular flexibility index (Phi) is 3.99. The van der Waals surface area contributed by atoms with Crippen molar-refractivity contribution in [2.24, 2.45) is 0 Å². The molecule has 9 aromatic rings. The highest BCUT2D eigenvalue weighted by Crippen LogP contribution is 2.42. The summed E-state index contributed by atoms with van der Waals surface area (Å²) in [4.78, 5) is 9.24. The van der Waals surface area contributed by atoms with Gasteiger partial charge in [0.2, 0.25) is 0 Å². The monoisotopic (exact) mass is 502 g/mol. The van der Waals surface area contributed by atoms with Gasteiger partial charge in [-0.15, -0.1) is 0 Å². The van der Waals surface area contributed by atoms with Crippen molar-refractivity contribution in [2.45, 2.75) is 0 Å². The number of hydrogen-bond donors (Lipinski definition) is 0. The van der Waals surface area contributed by atoms with Crippen molar-refractivity contribution in [3.8, 4) is 22.3 Å². The minimum absolute atomic E-state index is 0.761. The summed E-state index contributed by atoms with van der Waals surface area (Å²) in [6, 6.07) is 32.6. The van der Waals surface area contributed by atoms with Gasteiger partial charge in [-0.1, -0.05) is 48.5 Å². The predicted molar refractivity (Wildman–Crippen MR) is 155 cm³/mol. The summed E-state index contributed by atoms with van der Waals surface area (Å²) in [5, 5.41) is 4.11. The number of para-hydroxylation sites is 3. The van der Waals surface area contributed by atoms with E-state index in [1.165, 1.54) is 0 Å². The van der Waals surface area contributed by atoms with E-state index in [2.05, 4.69) is 40.3 Å². The van der Waals surface area contributed by atoms with Gasteiger partial charge in [-0.3, -0.25) is 9.97 Å². The van der Waals surface area contributed by atoms with Crippen molar-refractivity contribution in [3.63, 3.8) is 0 Å². The molecule has 0 amide bonds. The molecule has 0 aliphatic heterocycles. The van der Waals surface area contributed by atoms with Crippen molar-refractivity contribution in [2.75, 3.05) is 0 Å². The summed E-state index contributed by atoms with van der Waals surface area (Å²) in [5.74, 6) is 0. The molecule has 5 heterocycles. The van der Waals surface area contributed by atoms with Crippen molar-refractivity contribution in [1.29, 1.82) is 0 Å². The zero-order chi connectivity index (χ0) is 25.5. The fourth-order valence-corrected chi connectivity index (χ4v) is 5.83. The van der Waals surface area contributed by atoms with Crippen molar-refractivity contribution in [1.82, 2.24) is 9.97 Å². The van der Waals surface area contributed by atoms with Gasteiger partial charge < -0.3 is 13.3 Å². The molecule has 0 bridgehead atoms. The molecule has 0 atom stereocenters. The maximum Gasteiger partial charge on any atom is 0.161 e. The Morgan fingerprint density at radius 2 is 0.974 bits per heavy atom. The van der Waals surface area contributed by atoms with Crippen LogP contribution in [-0.2, 0) is 0 Å². The average Bonchev–Trinajstić information content (AvgIpc) is 3.68. The van der Waals surface area contributed by atoms with E-state index in [9.17, 15) is 0 Å². The topological polar surface area (TPSA) is 65.2 Å². The van der Waals surface area contributed by atoms with Gasteiger partial charge in [-0.25, -0.2) is 0 Å². The van der Waals surface area contributed by atoms with Crippen molar-refractivity contribution in [3.05, 3.63) is 109 Å². The Morgan fingerprint density at radius 3 is 1.72 bits per heavy atom. The van der Waals surface area contributed by atoms with E-state index in [1.807, 2.05) is 79.1 Å². The van der Waals surface area contributed by atoms with E-state index in [1.54, 1.807) is 0 Å². The Bertz CT molecular complexity index is 2410. The largest absolute Gasteiger partial charge is 0.455 e. The molecule has 0 N–H and O–H groups in total. The van der Waals surface area contributed by atoms with Gasteiger partial charge in [-0.2, -0.15) is 0 Å². The molecule has 5 nitrogen and oxygen atoms in total. The highest BCUT2D eigenvalue weighted by Gasteiger charge is 2.19. The van der Waals surface area contributed by atoms with E-state index in [0.717, 1.165) is 88.3 Å². The summed E-state index contributed by atoms with van der Waals surface area (Å²) in [6.07, 6.45) is 3.68. The van der Waals surface area contributed by atoms with Crippen LogP contribution in [0.25, 0.3) is 88.3 Å². The third kappa shape index (κ3) is 2.84. The van der Waals surface area contributed by atoms with Crippen LogP contribution in [0.1, 0.15) is 0 Å². The summed E-state index contributed by atoms with van der Waals surface area (Å²) in [6.45, 7) is 0. The lowest BCUT2D eigenvalue weighted by molar-refractivity contribution is 0.664. The molecule has 182 valence electrons. The third-order valence-electron chi connectivity index (χ3n) is 7.62. The minimum atomic E-state index is 0.761. The second kappa shape index (κ2) is 7.55. The van der Waals surface area contributed by atoms with Crippen molar-refractivity contribution >= 4 is 66.1 Å². The molecule has 9 rings (SSSR count). The van der Waals surface area contributed by atoms with Crippen LogP contribution in [-0.4, -0.2) is 9.97 Å². The maximum atomic E-state index is 6.49. The van der Waals surface area contributed by atoms with Gasteiger partial charge in [0.25, 0.3) is 0 Å². The van der Waals surface area contributed by atoms with Gasteiger partial charge in [0.1, 0.15) is 33.4 Å². The third-order valence-corrected chi connectivity index (χ3v) is 7.62. The van der Waals surface area contributed by atoms with E-state index in [0.29, 0.717) is 0 Å². The van der Waals surface area contributed by atoms with Gasteiger partial charge in [-0.05, 0) is 54.1 Å². The highest BCUT2D eigenvalue weighted by atomic mass is 16.3. The van der Waals surface area contributed by atoms with Crippen LogP contribution in [0.5, 0.6) is 0 Å². The van der Waals surface area contributed by atoms with Crippen LogP contribution >= 0.6 is 0 Å². The predicted octanol–water partition coefficient (Wildman–Crippen LogP) is 9.51. The number of aromatic nitrogens is 2. The fourth-order valence-electron chi connectivity index (χ4n) is 5.83. The Balaban J connectivity index is 1.28. The van der Waals surface area contributed by atoms with Gasteiger partial charge in [0.15, 0.2) is 11.2 Å². The first-order valence-electron chi connectivity index (χ1n) is 12.8. The number of rotatable bonds is 2. The minimum Gasteiger partial charge on any atom is -0.455 e. The molecule has 0 saturated heterocycles. The molecule has 0 saturated carbocycles. The Labute approximate surface area is 220 Å². The van der Waals surface area contributed by atoms with Gasteiger partial charge in [0, 0.05) is 50.6 Å². The Hall–Kier alpha value is -5.42. The van der Waals surface area contributed by atoms with Crippen LogP contribution in [0.2, 0.25) is 0 Å². The normalized spacial score (nSPS) is 12.1. The SMILES string of the molecule is c1ccc2c(c1)oc1c(-c3ccc4oc5c(-c6ccnc7c6oc6ccccc67)cccc5c4c3)ccnc12. The van der Waals surface area contributed by atoms with Crippen LogP contribution in [0, 0.1) is 0 Å². The lowest BCUT2D eigenvalue weighted by Gasteiger charge is -2.03. The first-order valence-corrected chi connectivity index (χ1v) is 12.8. The molecule has 0 radical (unpaired) electrons. The van der Waals surface area contributed by atoms with E-state index < -0.39 is 0 Å². The lowest BCUT2D eigenvalue weighted by atomic mass is 10.00. The summed E-state index contributed by atoms with van der Waals surface area (Å²) in [7, 11) is 0. The molecule has 0 unspecified atom stereocenters.